The van der Waals surface area contributed by atoms with Crippen LogP contribution in [-0.4, -0.2) is 28.6 Å². The predicted molar refractivity (Wildman–Crippen MR) is 102 cm³/mol. The van der Waals surface area contributed by atoms with Crippen LogP contribution < -0.4 is 10.6 Å². The number of anilines is 1. The number of carboxylic acid groups (broad SMARTS) is 1. The second kappa shape index (κ2) is 7.23. The molecule has 6 nitrogen and oxygen atoms in total. The molecule has 0 saturated heterocycles. The quantitative estimate of drug-likeness (QED) is 0.663. The average molecular weight is 349 g/mol. The van der Waals surface area contributed by atoms with Crippen molar-refractivity contribution >= 4 is 28.6 Å². The Hall–Kier alpha value is -3.41. The standard InChI is InChI=1S/C20H19N3O3/c1-3-21-20(26)23-18-10-16-9-15(7-12(2)17(16)11-22-18)13-5-4-6-14(8-13)19(24)25/h4-11H,3H2,1-2H3,(H,24,25)(H2,21,22,23,26). The lowest BCUT2D eigenvalue weighted by atomic mass is 9.97. The van der Waals surface area contributed by atoms with E-state index in [0.717, 1.165) is 27.5 Å². The lowest BCUT2D eigenvalue weighted by molar-refractivity contribution is 0.0697. The van der Waals surface area contributed by atoms with Crippen LogP contribution in [0.1, 0.15) is 22.8 Å². The molecule has 2 amide bonds. The molecule has 2 aromatic carbocycles. The topological polar surface area (TPSA) is 91.3 Å². The van der Waals surface area contributed by atoms with Crippen LogP contribution in [0.25, 0.3) is 21.9 Å². The molecule has 0 spiro atoms. The second-order valence-corrected chi connectivity index (χ2v) is 5.95. The third-order valence-corrected chi connectivity index (χ3v) is 4.07. The molecule has 1 heterocycles. The third-order valence-electron chi connectivity index (χ3n) is 4.07. The predicted octanol–water partition coefficient (Wildman–Crippen LogP) is 4.05. The van der Waals surface area contributed by atoms with E-state index < -0.39 is 5.97 Å². The molecule has 6 heteroatoms. The Labute approximate surface area is 150 Å². The Bertz CT molecular complexity index is 999. The Morgan fingerprint density at radius 2 is 1.92 bits per heavy atom. The Balaban J connectivity index is 2.03. The summed E-state index contributed by atoms with van der Waals surface area (Å²) in [7, 11) is 0. The molecule has 0 saturated carbocycles. The molecule has 1 aromatic heterocycles. The maximum atomic E-state index is 11.7. The van der Waals surface area contributed by atoms with E-state index in [4.69, 9.17) is 0 Å². The summed E-state index contributed by atoms with van der Waals surface area (Å²) < 4.78 is 0. The number of hydrogen-bond acceptors (Lipinski definition) is 3. The molecular formula is C20H19N3O3. The van der Waals surface area contributed by atoms with E-state index >= 15 is 0 Å². The van der Waals surface area contributed by atoms with Gasteiger partial charge in [-0.25, -0.2) is 14.6 Å². The van der Waals surface area contributed by atoms with Crippen molar-refractivity contribution in [3.63, 3.8) is 0 Å². The van der Waals surface area contributed by atoms with Gasteiger partial charge in [-0.3, -0.25) is 5.32 Å². The summed E-state index contributed by atoms with van der Waals surface area (Å²) in [5.41, 5.74) is 3.00. The first-order valence-corrected chi connectivity index (χ1v) is 8.27. The first kappa shape index (κ1) is 17.4. The van der Waals surface area contributed by atoms with Crippen molar-refractivity contribution in [2.75, 3.05) is 11.9 Å². The van der Waals surface area contributed by atoms with Crippen LogP contribution in [0.2, 0.25) is 0 Å². The number of hydrogen-bond donors (Lipinski definition) is 3. The van der Waals surface area contributed by atoms with Crippen LogP contribution in [0, 0.1) is 6.92 Å². The maximum absolute atomic E-state index is 11.7. The second-order valence-electron chi connectivity index (χ2n) is 5.95. The molecule has 132 valence electrons. The number of amides is 2. The minimum Gasteiger partial charge on any atom is -0.478 e. The number of pyridine rings is 1. The lowest BCUT2D eigenvalue weighted by Gasteiger charge is -2.10. The van der Waals surface area contributed by atoms with Gasteiger partial charge in [0.05, 0.1) is 5.56 Å². The molecule has 0 unspecified atom stereocenters. The number of nitrogens with zero attached hydrogens (tertiary/aromatic N) is 1. The van der Waals surface area contributed by atoms with Crippen molar-refractivity contribution in [3.8, 4) is 11.1 Å². The normalized spacial score (nSPS) is 10.5. The fourth-order valence-corrected chi connectivity index (χ4v) is 2.83. The number of urea groups is 1. The molecule has 0 bridgehead atoms. The van der Waals surface area contributed by atoms with Gasteiger partial charge in [-0.2, -0.15) is 0 Å². The first-order chi connectivity index (χ1) is 12.5. The number of carboxylic acids is 1. The fraction of sp³-hybridized carbons (Fsp3) is 0.150. The number of carbonyl (C=O) groups excluding carboxylic acids is 1. The highest BCUT2D eigenvalue weighted by atomic mass is 16.4. The smallest absolute Gasteiger partial charge is 0.335 e. The number of aromatic carboxylic acids is 1. The van der Waals surface area contributed by atoms with Gasteiger partial charge in [-0.05, 0) is 60.2 Å². The number of carbonyl (C=O) groups is 2. The Morgan fingerprint density at radius 3 is 2.65 bits per heavy atom. The SMILES string of the molecule is CCNC(=O)Nc1cc2cc(-c3cccc(C(=O)O)c3)cc(C)c2cn1. The summed E-state index contributed by atoms with van der Waals surface area (Å²) in [6, 6.07) is 12.3. The minimum atomic E-state index is -0.956. The van der Waals surface area contributed by atoms with Crippen LogP contribution in [0.5, 0.6) is 0 Å². The molecule has 26 heavy (non-hydrogen) atoms. The van der Waals surface area contributed by atoms with Gasteiger partial charge < -0.3 is 10.4 Å². The van der Waals surface area contributed by atoms with Gasteiger partial charge in [0.25, 0.3) is 0 Å². The van der Waals surface area contributed by atoms with Crippen molar-refractivity contribution in [1.82, 2.24) is 10.3 Å². The number of rotatable bonds is 4. The molecule has 0 radical (unpaired) electrons. The van der Waals surface area contributed by atoms with Crippen LogP contribution in [-0.2, 0) is 0 Å². The molecule has 0 aliphatic heterocycles. The number of aryl methyl sites for hydroxylation is 1. The van der Waals surface area contributed by atoms with Gasteiger partial charge in [-0.15, -0.1) is 0 Å². The van der Waals surface area contributed by atoms with E-state index in [1.807, 2.05) is 38.1 Å². The first-order valence-electron chi connectivity index (χ1n) is 8.27. The zero-order chi connectivity index (χ0) is 18.7. The van der Waals surface area contributed by atoms with Crippen molar-refractivity contribution < 1.29 is 14.7 Å². The molecule has 3 N–H and O–H groups in total. The number of nitrogens with one attached hydrogen (secondary N) is 2. The lowest BCUT2D eigenvalue weighted by Crippen LogP contribution is -2.28. The van der Waals surface area contributed by atoms with Crippen LogP contribution in [0.3, 0.4) is 0 Å². The summed E-state index contributed by atoms with van der Waals surface area (Å²) >= 11 is 0. The van der Waals surface area contributed by atoms with Crippen LogP contribution in [0.15, 0.2) is 48.7 Å². The van der Waals surface area contributed by atoms with E-state index in [2.05, 4.69) is 15.6 Å². The maximum Gasteiger partial charge on any atom is 0.335 e. The molecule has 0 fully saturated rings. The molecule has 3 aromatic rings. The van der Waals surface area contributed by atoms with Crippen molar-refractivity contribution in [3.05, 3.63) is 59.8 Å². The van der Waals surface area contributed by atoms with Gasteiger partial charge in [-0.1, -0.05) is 18.2 Å². The molecular weight excluding hydrogens is 330 g/mol. The van der Waals surface area contributed by atoms with Gasteiger partial charge in [0, 0.05) is 18.1 Å². The highest BCUT2D eigenvalue weighted by Gasteiger charge is 2.09. The Morgan fingerprint density at radius 1 is 1.12 bits per heavy atom. The molecule has 0 aliphatic carbocycles. The van der Waals surface area contributed by atoms with Gasteiger partial charge in [0.15, 0.2) is 0 Å². The van der Waals surface area contributed by atoms with Gasteiger partial charge in [0.2, 0.25) is 0 Å². The average Bonchev–Trinajstić information content (AvgIpc) is 2.61. The fourth-order valence-electron chi connectivity index (χ4n) is 2.83. The molecule has 0 atom stereocenters. The van der Waals surface area contributed by atoms with Crippen molar-refractivity contribution in [2.24, 2.45) is 0 Å². The minimum absolute atomic E-state index is 0.244. The number of aromatic nitrogens is 1. The highest BCUT2D eigenvalue weighted by Crippen LogP contribution is 2.29. The highest BCUT2D eigenvalue weighted by molar-refractivity contribution is 5.95. The van der Waals surface area contributed by atoms with E-state index in [1.54, 1.807) is 24.4 Å². The summed E-state index contributed by atoms with van der Waals surface area (Å²) in [6.45, 7) is 4.35. The van der Waals surface area contributed by atoms with Crippen LogP contribution in [0.4, 0.5) is 10.6 Å². The van der Waals surface area contributed by atoms with E-state index in [-0.39, 0.29) is 11.6 Å². The van der Waals surface area contributed by atoms with E-state index in [9.17, 15) is 14.7 Å². The zero-order valence-electron chi connectivity index (χ0n) is 14.5. The van der Waals surface area contributed by atoms with Crippen molar-refractivity contribution in [2.45, 2.75) is 13.8 Å². The van der Waals surface area contributed by atoms with Crippen molar-refractivity contribution in [1.29, 1.82) is 0 Å². The molecule has 0 aliphatic rings. The van der Waals surface area contributed by atoms with Gasteiger partial charge in [0.1, 0.15) is 5.82 Å². The largest absolute Gasteiger partial charge is 0.478 e. The van der Waals surface area contributed by atoms with Gasteiger partial charge >= 0.3 is 12.0 Å². The summed E-state index contributed by atoms with van der Waals surface area (Å²) in [4.78, 5) is 27.2. The molecule has 3 rings (SSSR count). The summed E-state index contributed by atoms with van der Waals surface area (Å²) in [5.74, 6) is -0.499. The number of benzene rings is 2. The third kappa shape index (κ3) is 3.64. The number of fused-ring (bicyclic) bond motifs is 1. The van der Waals surface area contributed by atoms with Crippen LogP contribution >= 0.6 is 0 Å². The van der Waals surface area contributed by atoms with E-state index in [0.29, 0.717) is 12.4 Å². The Kier molecular flexibility index (Phi) is 4.84. The monoisotopic (exact) mass is 349 g/mol. The zero-order valence-corrected chi connectivity index (χ0v) is 14.5. The summed E-state index contributed by atoms with van der Waals surface area (Å²) in [5, 5.41) is 16.4. The van der Waals surface area contributed by atoms with E-state index in [1.165, 1.54) is 0 Å². The summed E-state index contributed by atoms with van der Waals surface area (Å²) in [6.07, 6.45) is 1.73.